The van der Waals surface area contributed by atoms with E-state index in [4.69, 9.17) is 4.52 Å². The van der Waals surface area contributed by atoms with E-state index >= 15 is 0 Å². The van der Waals surface area contributed by atoms with Crippen LogP contribution in [0.3, 0.4) is 0 Å². The highest BCUT2D eigenvalue weighted by Crippen LogP contribution is 2.31. The largest absolute Gasteiger partial charge is 0.391 e. The molecular formula is C28H36N4O4S. The second-order valence-electron chi connectivity index (χ2n) is 10.1. The van der Waals surface area contributed by atoms with Crippen LogP contribution in [0.15, 0.2) is 40.4 Å². The predicted octanol–water partition coefficient (Wildman–Crippen LogP) is 4.47. The Hall–Kier alpha value is -3.04. The van der Waals surface area contributed by atoms with Gasteiger partial charge in [-0.1, -0.05) is 56.6 Å². The minimum atomic E-state index is -0.746. The predicted molar refractivity (Wildman–Crippen MR) is 143 cm³/mol. The van der Waals surface area contributed by atoms with E-state index in [0.717, 1.165) is 46.7 Å². The van der Waals surface area contributed by atoms with Crippen molar-refractivity contribution < 1.29 is 19.2 Å². The number of nitrogens with zero attached hydrogens (tertiary/aromatic N) is 3. The molecule has 0 bridgehead atoms. The number of aromatic nitrogens is 2. The Labute approximate surface area is 222 Å². The molecule has 2 amide bonds. The highest BCUT2D eigenvalue weighted by Gasteiger charge is 2.43. The van der Waals surface area contributed by atoms with Crippen molar-refractivity contribution in [2.75, 3.05) is 6.54 Å². The molecule has 1 fully saturated rings. The molecule has 0 spiro atoms. The van der Waals surface area contributed by atoms with Crippen LogP contribution in [0, 0.1) is 12.8 Å². The molecule has 37 heavy (non-hydrogen) atoms. The maximum Gasteiger partial charge on any atom is 0.243 e. The number of aryl methyl sites for hydroxylation is 2. The molecular weight excluding hydrogens is 488 g/mol. The molecule has 0 radical (unpaired) electrons. The van der Waals surface area contributed by atoms with Crippen molar-refractivity contribution in [2.45, 2.75) is 78.0 Å². The van der Waals surface area contributed by atoms with Crippen LogP contribution in [-0.2, 0) is 22.6 Å². The van der Waals surface area contributed by atoms with E-state index in [1.54, 1.807) is 11.3 Å². The number of β-amino-alcohol motifs (C(OH)–C–C–N with tert-alkyl or cyclic N) is 1. The Balaban J connectivity index is 1.42. The first-order valence-corrected chi connectivity index (χ1v) is 13.9. The summed E-state index contributed by atoms with van der Waals surface area (Å²) in [7, 11) is 0. The number of amides is 2. The average Bonchev–Trinajstić information content (AvgIpc) is 3.61. The first-order valence-electron chi connectivity index (χ1n) is 13.0. The minimum Gasteiger partial charge on any atom is -0.391 e. The van der Waals surface area contributed by atoms with E-state index in [-0.39, 0.29) is 30.7 Å². The molecule has 0 aliphatic carbocycles. The normalized spacial score (nSPS) is 18.4. The molecule has 2 N–H and O–H groups in total. The van der Waals surface area contributed by atoms with Crippen LogP contribution in [0.1, 0.15) is 68.7 Å². The average molecular weight is 525 g/mol. The fourth-order valence-corrected chi connectivity index (χ4v) is 5.64. The van der Waals surface area contributed by atoms with E-state index in [2.05, 4.69) is 22.4 Å². The third-order valence-corrected chi connectivity index (χ3v) is 7.87. The molecule has 0 saturated carbocycles. The van der Waals surface area contributed by atoms with Gasteiger partial charge in [-0.05, 0) is 36.8 Å². The molecule has 1 aliphatic heterocycles. The molecule has 4 rings (SSSR count). The molecule has 1 aliphatic rings. The molecule has 9 heteroatoms. The summed E-state index contributed by atoms with van der Waals surface area (Å²) in [5, 5.41) is 17.5. The summed E-state index contributed by atoms with van der Waals surface area (Å²) in [5.41, 5.74) is 5.72. The lowest BCUT2D eigenvalue weighted by atomic mass is 9.91. The van der Waals surface area contributed by atoms with Crippen molar-refractivity contribution in [1.29, 1.82) is 0 Å². The van der Waals surface area contributed by atoms with Crippen molar-refractivity contribution in [3.05, 3.63) is 58.6 Å². The van der Waals surface area contributed by atoms with Crippen LogP contribution < -0.4 is 5.32 Å². The van der Waals surface area contributed by atoms with Gasteiger partial charge in [0.15, 0.2) is 0 Å². The van der Waals surface area contributed by atoms with Gasteiger partial charge in [0.2, 0.25) is 11.8 Å². The molecule has 1 aromatic carbocycles. The van der Waals surface area contributed by atoms with Crippen molar-refractivity contribution in [3.8, 4) is 10.4 Å². The van der Waals surface area contributed by atoms with Gasteiger partial charge in [0.25, 0.3) is 0 Å². The SMILES string of the molecule is CCCCc1cc(C(C(=O)N2C[C@H](O)C[C@H]2C(=O)NCc2ccc(-c3scnc3C)cc2)C(C)C)on1. The number of aliphatic hydroxyl groups is 1. The lowest BCUT2D eigenvalue weighted by Crippen LogP contribution is -2.48. The molecule has 1 unspecified atom stereocenters. The number of nitrogens with one attached hydrogen (secondary N) is 1. The summed E-state index contributed by atoms with van der Waals surface area (Å²) in [5.74, 6) is -0.582. The highest BCUT2D eigenvalue weighted by molar-refractivity contribution is 7.13. The summed E-state index contributed by atoms with van der Waals surface area (Å²) in [6.07, 6.45) is 2.32. The van der Waals surface area contributed by atoms with Crippen molar-refractivity contribution in [1.82, 2.24) is 20.4 Å². The molecule has 3 aromatic rings. The van der Waals surface area contributed by atoms with Gasteiger partial charge in [-0.15, -0.1) is 11.3 Å². The maximum absolute atomic E-state index is 13.7. The van der Waals surface area contributed by atoms with Crippen molar-refractivity contribution in [2.24, 2.45) is 5.92 Å². The standard InChI is InChI=1S/C28H36N4O4S/c1-5-6-7-21-12-24(36-31-21)25(17(2)3)28(35)32-15-22(33)13-23(32)27(34)29-14-19-8-10-20(11-9-19)26-18(4)30-16-37-26/h8-12,16-17,22-23,25,33H,5-7,13-15H2,1-4H3,(H,29,34)/t22-,23+,25?/m1/s1. The highest BCUT2D eigenvalue weighted by atomic mass is 32.1. The topological polar surface area (TPSA) is 109 Å². The fraction of sp³-hybridized carbons (Fsp3) is 0.500. The Morgan fingerprint density at radius 3 is 2.68 bits per heavy atom. The van der Waals surface area contributed by atoms with Gasteiger partial charge in [0, 0.05) is 25.6 Å². The van der Waals surface area contributed by atoms with E-state index in [9.17, 15) is 14.7 Å². The van der Waals surface area contributed by atoms with Crippen molar-refractivity contribution >= 4 is 23.2 Å². The number of likely N-dealkylation sites (tertiary alicyclic amines) is 1. The molecule has 3 atom stereocenters. The summed E-state index contributed by atoms with van der Waals surface area (Å²) in [4.78, 5) is 33.8. The minimum absolute atomic E-state index is 0.0541. The van der Waals surface area contributed by atoms with Gasteiger partial charge in [-0.3, -0.25) is 9.59 Å². The summed E-state index contributed by atoms with van der Waals surface area (Å²) >= 11 is 1.60. The number of hydrogen-bond donors (Lipinski definition) is 2. The number of rotatable bonds is 10. The van der Waals surface area contributed by atoms with Gasteiger partial charge in [0.05, 0.1) is 27.9 Å². The van der Waals surface area contributed by atoms with Crippen LogP contribution >= 0.6 is 11.3 Å². The zero-order valence-electron chi connectivity index (χ0n) is 21.9. The Kier molecular flexibility index (Phi) is 8.76. The van der Waals surface area contributed by atoms with Gasteiger partial charge < -0.3 is 19.8 Å². The zero-order valence-corrected chi connectivity index (χ0v) is 22.8. The molecule has 3 heterocycles. The molecule has 8 nitrogen and oxygen atoms in total. The summed E-state index contributed by atoms with van der Waals surface area (Å²) < 4.78 is 5.57. The van der Waals surface area contributed by atoms with Crippen LogP contribution in [0.5, 0.6) is 0 Å². The Bertz CT molecular complexity index is 1200. The number of thiazole rings is 1. The fourth-order valence-electron chi connectivity index (χ4n) is 4.83. The lowest BCUT2D eigenvalue weighted by Gasteiger charge is -2.28. The number of hydrogen-bond acceptors (Lipinski definition) is 7. The second-order valence-corrected chi connectivity index (χ2v) is 11.0. The number of aliphatic hydroxyl groups excluding tert-OH is 1. The van der Waals surface area contributed by atoms with E-state index < -0.39 is 18.1 Å². The van der Waals surface area contributed by atoms with Gasteiger partial charge in [0.1, 0.15) is 17.7 Å². The smallest absolute Gasteiger partial charge is 0.243 e. The Morgan fingerprint density at radius 1 is 1.27 bits per heavy atom. The molecule has 198 valence electrons. The lowest BCUT2D eigenvalue weighted by molar-refractivity contribution is -0.141. The summed E-state index contributed by atoms with van der Waals surface area (Å²) in [6.45, 7) is 8.47. The van der Waals surface area contributed by atoms with Gasteiger partial charge >= 0.3 is 0 Å². The first kappa shape index (κ1) is 27.0. The van der Waals surface area contributed by atoms with Crippen LogP contribution in [0.4, 0.5) is 0 Å². The quantitative estimate of drug-likeness (QED) is 0.405. The molecule has 1 saturated heterocycles. The third kappa shape index (κ3) is 6.27. The molecule has 2 aromatic heterocycles. The van der Waals surface area contributed by atoms with Gasteiger partial charge in [-0.2, -0.15) is 0 Å². The van der Waals surface area contributed by atoms with Crippen molar-refractivity contribution in [3.63, 3.8) is 0 Å². The zero-order chi connectivity index (χ0) is 26.5. The van der Waals surface area contributed by atoms with Crippen LogP contribution in [-0.4, -0.2) is 50.7 Å². The maximum atomic E-state index is 13.7. The van der Waals surface area contributed by atoms with E-state index in [1.807, 2.05) is 56.6 Å². The van der Waals surface area contributed by atoms with E-state index in [1.165, 1.54) is 4.90 Å². The Morgan fingerprint density at radius 2 is 2.03 bits per heavy atom. The summed E-state index contributed by atoms with van der Waals surface area (Å²) in [6, 6.07) is 9.14. The van der Waals surface area contributed by atoms with Crippen LogP contribution in [0.25, 0.3) is 10.4 Å². The first-order chi connectivity index (χ1) is 17.8. The van der Waals surface area contributed by atoms with Gasteiger partial charge in [-0.25, -0.2) is 4.98 Å². The number of carbonyl (C=O) groups is 2. The monoisotopic (exact) mass is 524 g/mol. The second kappa shape index (κ2) is 12.0. The van der Waals surface area contributed by atoms with E-state index in [0.29, 0.717) is 12.3 Å². The van der Waals surface area contributed by atoms with Crippen LogP contribution in [0.2, 0.25) is 0 Å². The number of benzene rings is 1. The third-order valence-electron chi connectivity index (χ3n) is 6.90. The number of unbranched alkanes of at least 4 members (excludes halogenated alkanes) is 1. The number of carbonyl (C=O) groups excluding carboxylic acids is 2.